The molecule has 3 saturated heterocycles. The van der Waals surface area contributed by atoms with Crippen molar-refractivity contribution >= 4 is 13.7 Å². The summed E-state index contributed by atoms with van der Waals surface area (Å²) in [7, 11) is 5.13. The predicted octanol–water partition coefficient (Wildman–Crippen LogP) is 4.10. The summed E-state index contributed by atoms with van der Waals surface area (Å²) in [5.41, 5.74) is 7.77. The number of fused-ring (bicyclic) bond motifs is 3. The first-order valence-corrected chi connectivity index (χ1v) is 11.9. The summed E-state index contributed by atoms with van der Waals surface area (Å²) in [5.74, 6) is -2.38. The number of carbonyl (C=O) groups excluding carboxylic acids is 1. The Morgan fingerprint density at radius 2 is 1.76 bits per heavy atom. The molecular formula is C25H36BNO7. The van der Waals surface area contributed by atoms with Gasteiger partial charge in [0.05, 0.1) is 0 Å². The van der Waals surface area contributed by atoms with Gasteiger partial charge in [0.15, 0.2) is 12.6 Å². The van der Waals surface area contributed by atoms with Crippen molar-refractivity contribution in [3.8, 4) is 0 Å². The molecule has 3 heterocycles. The minimum atomic E-state index is -1.48. The summed E-state index contributed by atoms with van der Waals surface area (Å²) in [5, 5.41) is 0. The molecule has 7 atom stereocenters. The molecule has 4 rings (SSSR count). The summed E-state index contributed by atoms with van der Waals surface area (Å²) in [4.78, 5) is 11.1. The number of benzene rings is 1. The van der Waals surface area contributed by atoms with Crippen LogP contribution in [0.4, 0.5) is 4.79 Å². The number of carbonyl (C=O) groups is 1. The number of rotatable bonds is 6. The third-order valence-corrected chi connectivity index (χ3v) is 5.26. The molecule has 2 N–H and O–H groups in total. The first-order valence-electron chi connectivity index (χ1n) is 11.9. The van der Waals surface area contributed by atoms with Crippen LogP contribution in [0, 0.1) is 0 Å². The van der Waals surface area contributed by atoms with E-state index in [0.29, 0.717) is 5.57 Å². The standard InChI is InChI=1S/C21H24BNO7.2C2H6/c1-3-8-13(4-2)21(23)29-17-16-15(27-19(17)30-21)14(11-25-20(22)24)26-18(28-16)12-9-6-5-7-10-12;2*1-2/h4-10,14-19H,2-3,11,23H2,1H3;2*1-2H3/b13-8+;;. The van der Waals surface area contributed by atoms with Gasteiger partial charge >= 0.3 is 0 Å². The van der Waals surface area contributed by atoms with Crippen LogP contribution in [0.25, 0.3) is 0 Å². The minimum Gasteiger partial charge on any atom is -0.472 e. The van der Waals surface area contributed by atoms with E-state index in [4.69, 9.17) is 42.0 Å². The van der Waals surface area contributed by atoms with Gasteiger partial charge in [0.2, 0.25) is 13.7 Å². The molecule has 0 aliphatic carbocycles. The number of allylic oxidation sites excluding steroid dienone is 1. The molecule has 0 aromatic heterocycles. The van der Waals surface area contributed by atoms with Crippen LogP contribution in [0.3, 0.4) is 0 Å². The zero-order valence-electron chi connectivity index (χ0n) is 20.6. The van der Waals surface area contributed by atoms with E-state index in [0.717, 1.165) is 12.0 Å². The van der Waals surface area contributed by atoms with E-state index in [1.54, 1.807) is 6.08 Å². The lowest BCUT2D eigenvalue weighted by Crippen LogP contribution is -2.53. The highest BCUT2D eigenvalue weighted by atomic mass is 16.9. The molecule has 8 nitrogen and oxygen atoms in total. The molecule has 34 heavy (non-hydrogen) atoms. The van der Waals surface area contributed by atoms with Gasteiger partial charge in [-0.3, -0.25) is 10.5 Å². The molecular weight excluding hydrogens is 437 g/mol. The number of hydrogen-bond acceptors (Lipinski definition) is 8. The Bertz CT molecular complexity index is 821. The van der Waals surface area contributed by atoms with Gasteiger partial charge in [-0.1, -0.05) is 83.7 Å². The summed E-state index contributed by atoms with van der Waals surface area (Å²) >= 11 is 0. The Morgan fingerprint density at radius 1 is 1.09 bits per heavy atom. The molecule has 1 aromatic carbocycles. The van der Waals surface area contributed by atoms with E-state index in [9.17, 15) is 4.79 Å². The lowest BCUT2D eigenvalue weighted by atomic mass is 10.0. The summed E-state index contributed by atoms with van der Waals surface area (Å²) in [6.45, 7) is 13.7. The molecule has 0 spiro atoms. The van der Waals surface area contributed by atoms with Crippen molar-refractivity contribution in [2.75, 3.05) is 6.61 Å². The maximum absolute atomic E-state index is 11.1. The fourth-order valence-electron chi connectivity index (χ4n) is 3.93. The van der Waals surface area contributed by atoms with Gasteiger partial charge in [-0.15, -0.1) is 0 Å². The van der Waals surface area contributed by atoms with Gasteiger partial charge < -0.3 is 28.4 Å². The highest BCUT2D eigenvalue weighted by Gasteiger charge is 2.62. The Kier molecular flexibility index (Phi) is 10.9. The highest BCUT2D eigenvalue weighted by molar-refractivity contribution is 6.55. The van der Waals surface area contributed by atoms with Gasteiger partial charge in [0.1, 0.15) is 31.0 Å². The molecule has 1 aromatic rings. The third kappa shape index (κ3) is 6.16. The van der Waals surface area contributed by atoms with Crippen LogP contribution in [0.1, 0.15) is 52.9 Å². The molecule has 2 radical (unpaired) electrons. The van der Waals surface area contributed by atoms with Gasteiger partial charge in [-0.2, -0.15) is 0 Å². The Hall–Kier alpha value is -2.01. The third-order valence-electron chi connectivity index (χ3n) is 5.26. The van der Waals surface area contributed by atoms with E-state index in [-0.39, 0.29) is 6.61 Å². The SMILES string of the molecule is CC.CC.[B]C(=O)OCC1OC(c2ccccc2)OC2C1OC1OC(N)(/C(C=C)=C/CC)OC12. The van der Waals surface area contributed by atoms with Crippen LogP contribution in [0.2, 0.25) is 0 Å². The molecule has 3 fully saturated rings. The van der Waals surface area contributed by atoms with E-state index < -0.39 is 48.8 Å². The van der Waals surface area contributed by atoms with Crippen LogP contribution in [0.5, 0.6) is 0 Å². The van der Waals surface area contributed by atoms with Crippen molar-refractivity contribution in [2.24, 2.45) is 5.73 Å². The molecule has 9 heteroatoms. The maximum atomic E-state index is 11.1. The number of ether oxygens (including phenoxy) is 6. The van der Waals surface area contributed by atoms with Crippen LogP contribution >= 0.6 is 0 Å². The average molecular weight is 473 g/mol. The zero-order valence-corrected chi connectivity index (χ0v) is 20.6. The molecule has 7 unspecified atom stereocenters. The molecule has 0 saturated carbocycles. The number of hydrogen-bond donors (Lipinski definition) is 1. The first kappa shape index (κ1) is 28.2. The Balaban J connectivity index is 0.000000970. The normalized spacial score (nSPS) is 33.9. The molecule has 0 bridgehead atoms. The van der Waals surface area contributed by atoms with E-state index >= 15 is 0 Å². The second-order valence-electron chi connectivity index (χ2n) is 7.26. The van der Waals surface area contributed by atoms with Crippen LogP contribution in [-0.4, -0.2) is 56.9 Å². The van der Waals surface area contributed by atoms with Crippen LogP contribution in [0.15, 0.2) is 54.6 Å². The topological polar surface area (TPSA) is 98.5 Å². The van der Waals surface area contributed by atoms with Crippen molar-refractivity contribution < 1.29 is 33.2 Å². The van der Waals surface area contributed by atoms with E-state index in [2.05, 4.69) is 6.58 Å². The summed E-state index contributed by atoms with van der Waals surface area (Å²) in [6, 6.07) is 9.41. The lowest BCUT2D eigenvalue weighted by Gasteiger charge is -2.39. The van der Waals surface area contributed by atoms with Crippen molar-refractivity contribution in [1.29, 1.82) is 0 Å². The number of nitrogens with two attached hydrogens (primary N) is 1. The molecule has 186 valence electrons. The summed E-state index contributed by atoms with van der Waals surface area (Å²) in [6.07, 6.45) is 0.345. The Morgan fingerprint density at radius 3 is 2.35 bits per heavy atom. The van der Waals surface area contributed by atoms with Crippen molar-refractivity contribution in [3.05, 3.63) is 60.2 Å². The minimum absolute atomic E-state index is 0.0932. The predicted molar refractivity (Wildman–Crippen MR) is 129 cm³/mol. The second kappa shape index (κ2) is 13.2. The van der Waals surface area contributed by atoms with Crippen molar-refractivity contribution in [2.45, 2.75) is 83.9 Å². The molecule has 3 aliphatic heterocycles. The smallest absolute Gasteiger partial charge is 0.255 e. The first-order chi connectivity index (χ1) is 16.4. The fraction of sp³-hybridized carbons (Fsp3) is 0.560. The van der Waals surface area contributed by atoms with Gasteiger partial charge in [0.25, 0.3) is 5.91 Å². The average Bonchev–Trinajstić information content (AvgIpc) is 3.38. The quantitative estimate of drug-likeness (QED) is 0.487. The van der Waals surface area contributed by atoms with Gasteiger partial charge in [-0.25, -0.2) is 0 Å². The van der Waals surface area contributed by atoms with E-state index in [1.807, 2.05) is 71.0 Å². The summed E-state index contributed by atoms with van der Waals surface area (Å²) < 4.78 is 35.2. The molecule has 3 aliphatic rings. The van der Waals surface area contributed by atoms with Crippen molar-refractivity contribution in [1.82, 2.24) is 0 Å². The maximum Gasteiger partial charge on any atom is 0.255 e. The largest absolute Gasteiger partial charge is 0.472 e. The molecule has 0 amide bonds. The van der Waals surface area contributed by atoms with E-state index in [1.165, 1.54) is 0 Å². The van der Waals surface area contributed by atoms with Crippen molar-refractivity contribution in [3.63, 3.8) is 0 Å². The zero-order chi connectivity index (χ0) is 25.3. The van der Waals surface area contributed by atoms with Crippen LogP contribution in [-0.2, 0) is 28.4 Å². The Labute approximate surface area is 203 Å². The van der Waals surface area contributed by atoms with Crippen LogP contribution < -0.4 is 5.73 Å². The van der Waals surface area contributed by atoms with Gasteiger partial charge in [-0.05, 0) is 6.42 Å². The van der Waals surface area contributed by atoms with Gasteiger partial charge in [0, 0.05) is 11.1 Å². The fourth-order valence-corrected chi connectivity index (χ4v) is 3.93. The second-order valence-corrected chi connectivity index (χ2v) is 7.26. The highest BCUT2D eigenvalue weighted by Crippen LogP contribution is 2.45. The lowest BCUT2D eigenvalue weighted by molar-refractivity contribution is -0.312. The monoisotopic (exact) mass is 473 g/mol.